The molecular formula is C23H22F2N4O3. The summed E-state index contributed by atoms with van der Waals surface area (Å²) in [7, 11) is 1.41. The topological polar surface area (TPSA) is 93.0 Å². The van der Waals surface area contributed by atoms with E-state index in [1.807, 2.05) is 24.5 Å². The smallest absolute Gasteiger partial charge is 0.335 e. The van der Waals surface area contributed by atoms with Crippen molar-refractivity contribution in [2.45, 2.75) is 44.1 Å². The van der Waals surface area contributed by atoms with Gasteiger partial charge in [-0.15, -0.1) is 0 Å². The lowest BCUT2D eigenvalue weighted by Crippen LogP contribution is -2.51. The monoisotopic (exact) mass is 440 g/mol. The fraction of sp³-hybridized carbons (Fsp3) is 0.348. The SMILES string of the molecule is CO[C@]1(C(=O)O)C[C@H](c2c(C(C)C)n(-c3ccc(F)c(F)c3)c3cc4cn[nH]c4nc32)C1. The van der Waals surface area contributed by atoms with Crippen LogP contribution in [0.15, 0.2) is 30.5 Å². The molecule has 1 saturated carbocycles. The Morgan fingerprint density at radius 3 is 2.66 bits per heavy atom. The summed E-state index contributed by atoms with van der Waals surface area (Å²) in [4.78, 5) is 16.6. The zero-order valence-corrected chi connectivity index (χ0v) is 17.8. The molecule has 1 aromatic carbocycles. The van der Waals surface area contributed by atoms with Gasteiger partial charge in [0, 0.05) is 35.5 Å². The summed E-state index contributed by atoms with van der Waals surface area (Å²) in [5.74, 6) is -2.95. The third-order valence-electron chi connectivity index (χ3n) is 6.47. The number of aliphatic carboxylic acids is 1. The number of carboxylic acids is 1. The number of halogens is 2. The lowest BCUT2D eigenvalue weighted by molar-refractivity contribution is -0.175. The number of benzene rings is 1. The summed E-state index contributed by atoms with van der Waals surface area (Å²) in [6.07, 6.45) is 2.26. The van der Waals surface area contributed by atoms with Crippen molar-refractivity contribution >= 4 is 28.0 Å². The Kier molecular flexibility index (Phi) is 4.56. The lowest BCUT2D eigenvalue weighted by atomic mass is 9.67. The van der Waals surface area contributed by atoms with Crippen molar-refractivity contribution in [1.82, 2.24) is 19.7 Å². The maximum absolute atomic E-state index is 14.2. The molecule has 0 aliphatic heterocycles. The van der Waals surface area contributed by atoms with Crippen LogP contribution in [0.4, 0.5) is 8.78 Å². The Balaban J connectivity index is 1.80. The van der Waals surface area contributed by atoms with E-state index in [9.17, 15) is 18.7 Å². The zero-order chi connectivity index (χ0) is 22.8. The van der Waals surface area contributed by atoms with Crippen molar-refractivity contribution in [3.05, 3.63) is 53.4 Å². The fourth-order valence-corrected chi connectivity index (χ4v) is 4.85. The number of aromatic amines is 1. The minimum Gasteiger partial charge on any atom is -0.479 e. The largest absolute Gasteiger partial charge is 0.479 e. The van der Waals surface area contributed by atoms with Gasteiger partial charge in [0.25, 0.3) is 0 Å². The van der Waals surface area contributed by atoms with Crippen LogP contribution in [0.3, 0.4) is 0 Å². The highest BCUT2D eigenvalue weighted by atomic mass is 19.2. The molecule has 0 atom stereocenters. The van der Waals surface area contributed by atoms with Gasteiger partial charge in [-0.05, 0) is 42.9 Å². The van der Waals surface area contributed by atoms with Crippen molar-refractivity contribution in [3.8, 4) is 5.69 Å². The molecule has 0 radical (unpaired) electrons. The quantitative estimate of drug-likeness (QED) is 0.471. The summed E-state index contributed by atoms with van der Waals surface area (Å²) >= 11 is 0. The second-order valence-corrected chi connectivity index (χ2v) is 8.66. The standard InChI is InChI=1S/C23H22F2N4O3/c1-11(2)20-18(13-8-23(9-13,32-3)22(30)31)19-17(6-12-10-26-28-21(12)27-19)29(20)14-4-5-15(24)16(25)7-14/h4-7,10-11,13H,8-9H2,1-3H3,(H,30,31)(H,26,27,28)/t13-,23+. The van der Waals surface area contributed by atoms with Gasteiger partial charge in [0.05, 0.1) is 17.2 Å². The highest BCUT2D eigenvalue weighted by Crippen LogP contribution is 2.51. The number of nitrogens with one attached hydrogen (secondary N) is 1. The zero-order valence-electron chi connectivity index (χ0n) is 17.8. The van der Waals surface area contributed by atoms with E-state index < -0.39 is 23.2 Å². The molecule has 0 spiro atoms. The highest BCUT2D eigenvalue weighted by Gasteiger charge is 2.53. The molecule has 0 bridgehead atoms. The van der Waals surface area contributed by atoms with Crippen molar-refractivity contribution in [2.75, 3.05) is 7.11 Å². The summed E-state index contributed by atoms with van der Waals surface area (Å²) < 4.78 is 35.1. The maximum atomic E-state index is 14.2. The van der Waals surface area contributed by atoms with Crippen LogP contribution in [0.2, 0.25) is 0 Å². The third kappa shape index (κ3) is 2.84. The molecule has 0 amide bonds. The van der Waals surface area contributed by atoms with Crippen LogP contribution in [0.5, 0.6) is 0 Å². The van der Waals surface area contributed by atoms with E-state index in [2.05, 4.69) is 10.2 Å². The number of nitrogens with zero attached hydrogens (tertiary/aromatic N) is 3. The van der Waals surface area contributed by atoms with Crippen LogP contribution >= 0.6 is 0 Å². The molecular weight excluding hydrogens is 418 g/mol. The van der Waals surface area contributed by atoms with E-state index in [1.54, 1.807) is 6.20 Å². The number of pyridine rings is 1. The number of hydrogen-bond acceptors (Lipinski definition) is 4. The molecule has 4 aromatic rings. The van der Waals surface area contributed by atoms with E-state index in [-0.39, 0.29) is 11.8 Å². The second kappa shape index (κ2) is 7.09. The van der Waals surface area contributed by atoms with Gasteiger partial charge in [0.2, 0.25) is 0 Å². The molecule has 3 heterocycles. The molecule has 7 nitrogen and oxygen atoms in total. The average Bonchev–Trinajstić information content (AvgIpc) is 3.30. The molecule has 0 saturated heterocycles. The van der Waals surface area contributed by atoms with E-state index in [4.69, 9.17) is 9.72 Å². The van der Waals surface area contributed by atoms with Crippen molar-refractivity contribution in [2.24, 2.45) is 0 Å². The first-order valence-corrected chi connectivity index (χ1v) is 10.4. The first kappa shape index (κ1) is 20.6. The number of aromatic nitrogens is 4. The number of carboxylic acid groups (broad SMARTS) is 1. The molecule has 3 aromatic heterocycles. The molecule has 1 aliphatic carbocycles. The molecule has 2 N–H and O–H groups in total. The fourth-order valence-electron chi connectivity index (χ4n) is 4.85. The predicted molar refractivity (Wildman–Crippen MR) is 114 cm³/mol. The molecule has 32 heavy (non-hydrogen) atoms. The van der Waals surface area contributed by atoms with Gasteiger partial charge >= 0.3 is 5.97 Å². The van der Waals surface area contributed by atoms with Gasteiger partial charge in [0.1, 0.15) is 0 Å². The summed E-state index contributed by atoms with van der Waals surface area (Å²) in [5, 5.41) is 17.4. The second-order valence-electron chi connectivity index (χ2n) is 8.66. The summed E-state index contributed by atoms with van der Waals surface area (Å²) in [6.45, 7) is 4.03. The Bertz CT molecular complexity index is 1370. The van der Waals surface area contributed by atoms with Crippen LogP contribution in [0.25, 0.3) is 27.8 Å². The summed E-state index contributed by atoms with van der Waals surface area (Å²) in [6, 6.07) is 5.72. The Labute approximate surface area is 182 Å². The van der Waals surface area contributed by atoms with E-state index >= 15 is 0 Å². The number of hydrogen-bond donors (Lipinski definition) is 2. The molecule has 166 valence electrons. The number of carbonyl (C=O) groups is 1. The Morgan fingerprint density at radius 1 is 1.28 bits per heavy atom. The van der Waals surface area contributed by atoms with Crippen LogP contribution in [0.1, 0.15) is 49.8 Å². The van der Waals surface area contributed by atoms with Crippen molar-refractivity contribution in [3.63, 3.8) is 0 Å². The van der Waals surface area contributed by atoms with Crippen molar-refractivity contribution in [1.29, 1.82) is 0 Å². The van der Waals surface area contributed by atoms with Gasteiger partial charge < -0.3 is 14.4 Å². The van der Waals surface area contributed by atoms with E-state index in [0.717, 1.165) is 28.2 Å². The highest BCUT2D eigenvalue weighted by molar-refractivity contribution is 5.94. The molecule has 0 unspecified atom stereocenters. The van der Waals surface area contributed by atoms with Crippen LogP contribution in [-0.2, 0) is 9.53 Å². The van der Waals surface area contributed by atoms with Crippen LogP contribution in [-0.4, -0.2) is 43.5 Å². The molecule has 1 aliphatic rings. The number of ether oxygens (including phenoxy) is 1. The minimum absolute atomic E-state index is 0.00570. The predicted octanol–water partition coefficient (Wildman–Crippen LogP) is 4.65. The normalized spacial score (nSPS) is 20.9. The lowest BCUT2D eigenvalue weighted by Gasteiger charge is -2.43. The minimum atomic E-state index is -1.23. The van der Waals surface area contributed by atoms with E-state index in [1.165, 1.54) is 19.2 Å². The first-order chi connectivity index (χ1) is 15.3. The van der Waals surface area contributed by atoms with E-state index in [0.29, 0.717) is 29.7 Å². The number of H-pyrrole nitrogens is 1. The number of methoxy groups -OCH3 is 1. The molecule has 9 heteroatoms. The average molecular weight is 440 g/mol. The number of rotatable bonds is 5. The maximum Gasteiger partial charge on any atom is 0.335 e. The van der Waals surface area contributed by atoms with Gasteiger partial charge in [0.15, 0.2) is 22.9 Å². The van der Waals surface area contributed by atoms with Gasteiger partial charge in [-0.1, -0.05) is 13.8 Å². The molecule has 5 rings (SSSR count). The van der Waals surface area contributed by atoms with Gasteiger partial charge in [-0.3, -0.25) is 5.10 Å². The number of fused-ring (bicyclic) bond motifs is 2. The van der Waals surface area contributed by atoms with Gasteiger partial charge in [-0.25, -0.2) is 18.6 Å². The first-order valence-electron chi connectivity index (χ1n) is 10.4. The Morgan fingerprint density at radius 2 is 2.03 bits per heavy atom. The van der Waals surface area contributed by atoms with Gasteiger partial charge in [-0.2, -0.15) is 5.10 Å². The van der Waals surface area contributed by atoms with Crippen LogP contribution < -0.4 is 0 Å². The molecule has 1 fully saturated rings. The Hall–Kier alpha value is -3.33. The van der Waals surface area contributed by atoms with Crippen molar-refractivity contribution < 1.29 is 23.4 Å². The summed E-state index contributed by atoms with van der Waals surface area (Å²) in [5.41, 5.74) is 3.07. The van der Waals surface area contributed by atoms with Crippen LogP contribution in [0, 0.1) is 11.6 Å². The third-order valence-corrected chi connectivity index (χ3v) is 6.47.